The molecule has 106 valence electrons. The van der Waals surface area contributed by atoms with Crippen molar-refractivity contribution in [1.82, 2.24) is 10.2 Å². The molecule has 20 heavy (non-hydrogen) atoms. The molecule has 0 bridgehead atoms. The van der Waals surface area contributed by atoms with Crippen LogP contribution in [0.25, 0.3) is 0 Å². The maximum atomic E-state index is 10.7. The number of amides is 1. The smallest absolute Gasteiger partial charge is 0.227 e. The molecular formula is C12H14N4O2S2. The molecule has 1 aromatic carbocycles. The lowest BCUT2D eigenvalue weighted by Gasteiger charge is -2.03. The Morgan fingerprint density at radius 1 is 1.40 bits per heavy atom. The van der Waals surface area contributed by atoms with Gasteiger partial charge in [-0.2, -0.15) is 0 Å². The molecule has 0 saturated heterocycles. The van der Waals surface area contributed by atoms with Crippen molar-refractivity contribution in [3.63, 3.8) is 0 Å². The molecule has 0 spiro atoms. The molecule has 0 fully saturated rings. The van der Waals surface area contributed by atoms with E-state index in [-0.39, 0.29) is 11.7 Å². The van der Waals surface area contributed by atoms with Crippen molar-refractivity contribution in [3.05, 3.63) is 29.8 Å². The number of nitrogens with two attached hydrogens (primary N) is 1. The van der Waals surface area contributed by atoms with Gasteiger partial charge >= 0.3 is 0 Å². The SMILES string of the molecule is COc1ccc(CNc2nnc(SCC(N)=O)s2)cc1. The largest absolute Gasteiger partial charge is 0.497 e. The number of aromatic nitrogens is 2. The molecule has 0 saturated carbocycles. The lowest BCUT2D eigenvalue weighted by atomic mass is 10.2. The molecular weight excluding hydrogens is 296 g/mol. The fraction of sp³-hybridized carbons (Fsp3) is 0.250. The Balaban J connectivity index is 1.85. The van der Waals surface area contributed by atoms with Gasteiger partial charge in [0.2, 0.25) is 11.0 Å². The van der Waals surface area contributed by atoms with Crippen molar-refractivity contribution in [1.29, 1.82) is 0 Å². The Morgan fingerprint density at radius 3 is 2.80 bits per heavy atom. The zero-order valence-electron chi connectivity index (χ0n) is 10.8. The van der Waals surface area contributed by atoms with Crippen LogP contribution < -0.4 is 15.8 Å². The molecule has 2 aromatic rings. The van der Waals surface area contributed by atoms with Crippen LogP contribution in [0, 0.1) is 0 Å². The number of carbonyl (C=O) groups is 1. The van der Waals surface area contributed by atoms with Crippen LogP contribution in [-0.2, 0) is 11.3 Å². The van der Waals surface area contributed by atoms with Gasteiger partial charge in [0.1, 0.15) is 5.75 Å². The third-order valence-electron chi connectivity index (χ3n) is 2.35. The van der Waals surface area contributed by atoms with Crippen LogP contribution in [-0.4, -0.2) is 29.0 Å². The average Bonchev–Trinajstić information content (AvgIpc) is 2.91. The molecule has 0 aliphatic heterocycles. The third-order valence-corrected chi connectivity index (χ3v) is 4.38. The van der Waals surface area contributed by atoms with Gasteiger partial charge in [-0.25, -0.2) is 0 Å². The Morgan fingerprint density at radius 2 is 2.15 bits per heavy atom. The molecule has 0 aliphatic carbocycles. The Hall–Kier alpha value is -1.80. The topological polar surface area (TPSA) is 90.1 Å². The Labute approximate surface area is 124 Å². The molecule has 3 N–H and O–H groups in total. The highest BCUT2D eigenvalue weighted by Crippen LogP contribution is 2.25. The third kappa shape index (κ3) is 4.39. The van der Waals surface area contributed by atoms with Crippen LogP contribution >= 0.6 is 23.1 Å². The first-order chi connectivity index (χ1) is 9.67. The van der Waals surface area contributed by atoms with Gasteiger partial charge < -0.3 is 15.8 Å². The molecule has 6 nitrogen and oxygen atoms in total. The van der Waals surface area contributed by atoms with Gasteiger partial charge in [-0.05, 0) is 17.7 Å². The molecule has 1 heterocycles. The molecule has 0 radical (unpaired) electrons. The predicted molar refractivity (Wildman–Crippen MR) is 80.1 cm³/mol. The van der Waals surface area contributed by atoms with Crippen molar-refractivity contribution in [3.8, 4) is 5.75 Å². The van der Waals surface area contributed by atoms with Gasteiger partial charge in [0.25, 0.3) is 0 Å². The number of carbonyl (C=O) groups excluding carboxylic acids is 1. The zero-order valence-corrected chi connectivity index (χ0v) is 12.5. The van der Waals surface area contributed by atoms with E-state index in [0.717, 1.165) is 15.7 Å². The summed E-state index contributed by atoms with van der Waals surface area (Å²) in [5.74, 6) is 0.681. The van der Waals surface area contributed by atoms with E-state index >= 15 is 0 Å². The van der Waals surface area contributed by atoms with Crippen molar-refractivity contribution < 1.29 is 9.53 Å². The predicted octanol–water partition coefficient (Wildman–Crippen LogP) is 1.74. The second-order valence-electron chi connectivity index (χ2n) is 3.83. The number of hydrogen-bond donors (Lipinski definition) is 2. The molecule has 1 aromatic heterocycles. The Kier molecular flexibility index (Phi) is 5.19. The summed E-state index contributed by atoms with van der Waals surface area (Å²) in [6.07, 6.45) is 0. The number of methoxy groups -OCH3 is 1. The fourth-order valence-corrected chi connectivity index (χ4v) is 2.88. The van der Waals surface area contributed by atoms with Crippen molar-refractivity contribution in [2.75, 3.05) is 18.2 Å². The second kappa shape index (κ2) is 7.11. The van der Waals surface area contributed by atoms with Crippen LogP contribution in [0.1, 0.15) is 5.56 Å². The number of nitrogens with one attached hydrogen (secondary N) is 1. The van der Waals surface area contributed by atoms with E-state index < -0.39 is 0 Å². The number of benzene rings is 1. The normalized spacial score (nSPS) is 10.2. The minimum absolute atomic E-state index is 0.215. The number of rotatable bonds is 7. The van der Waals surface area contributed by atoms with E-state index in [1.165, 1.54) is 23.1 Å². The van der Waals surface area contributed by atoms with Gasteiger partial charge in [-0.1, -0.05) is 35.2 Å². The van der Waals surface area contributed by atoms with Crippen molar-refractivity contribution in [2.45, 2.75) is 10.9 Å². The van der Waals surface area contributed by atoms with Crippen LogP contribution in [0.5, 0.6) is 5.75 Å². The number of nitrogens with zero attached hydrogens (tertiary/aromatic N) is 2. The van der Waals surface area contributed by atoms with Crippen LogP contribution in [0.2, 0.25) is 0 Å². The van der Waals surface area contributed by atoms with E-state index in [1.807, 2.05) is 24.3 Å². The van der Waals surface area contributed by atoms with E-state index in [0.29, 0.717) is 11.7 Å². The van der Waals surface area contributed by atoms with Crippen molar-refractivity contribution in [2.24, 2.45) is 5.73 Å². The Bertz CT molecular complexity index is 571. The first-order valence-corrected chi connectivity index (χ1v) is 7.59. The first kappa shape index (κ1) is 14.6. The summed E-state index contributed by atoms with van der Waals surface area (Å²) < 4.78 is 5.82. The fourth-order valence-electron chi connectivity index (χ4n) is 1.39. The monoisotopic (exact) mass is 310 g/mol. The van der Waals surface area contributed by atoms with Crippen LogP contribution in [0.3, 0.4) is 0 Å². The minimum atomic E-state index is -0.363. The summed E-state index contributed by atoms with van der Waals surface area (Å²) >= 11 is 2.69. The van der Waals surface area contributed by atoms with Crippen LogP contribution in [0.4, 0.5) is 5.13 Å². The molecule has 0 unspecified atom stereocenters. The van der Waals surface area contributed by atoms with Crippen LogP contribution in [0.15, 0.2) is 28.6 Å². The van der Waals surface area contributed by atoms with Gasteiger partial charge in [-0.15, -0.1) is 10.2 Å². The molecule has 2 rings (SSSR count). The summed E-state index contributed by atoms with van der Waals surface area (Å²) in [5, 5.41) is 11.9. The maximum absolute atomic E-state index is 10.7. The number of ether oxygens (including phenoxy) is 1. The second-order valence-corrected chi connectivity index (χ2v) is 6.03. The lowest BCUT2D eigenvalue weighted by molar-refractivity contribution is -0.115. The van der Waals surface area contributed by atoms with E-state index in [2.05, 4.69) is 15.5 Å². The summed E-state index contributed by atoms with van der Waals surface area (Å²) in [7, 11) is 1.64. The molecule has 1 amide bonds. The molecule has 0 atom stereocenters. The molecule has 0 aliphatic rings. The van der Waals surface area contributed by atoms with Crippen molar-refractivity contribution >= 4 is 34.1 Å². The zero-order chi connectivity index (χ0) is 14.4. The highest BCUT2D eigenvalue weighted by atomic mass is 32.2. The lowest BCUT2D eigenvalue weighted by Crippen LogP contribution is -2.12. The minimum Gasteiger partial charge on any atom is -0.497 e. The summed E-state index contributed by atoms with van der Waals surface area (Å²) in [6, 6.07) is 7.78. The standard InChI is InChI=1S/C12H14N4O2S2/c1-18-9-4-2-8(3-5-9)6-14-11-15-16-12(20-11)19-7-10(13)17/h2-5H,6-7H2,1H3,(H2,13,17)(H,14,15). The van der Waals surface area contributed by atoms with E-state index in [9.17, 15) is 4.79 Å². The summed E-state index contributed by atoms with van der Waals surface area (Å²) in [4.78, 5) is 10.7. The van der Waals surface area contributed by atoms with E-state index in [4.69, 9.17) is 10.5 Å². The number of anilines is 1. The summed E-state index contributed by atoms with van der Waals surface area (Å²) in [6.45, 7) is 0.652. The number of thioether (sulfide) groups is 1. The summed E-state index contributed by atoms with van der Waals surface area (Å²) in [5.41, 5.74) is 6.19. The quantitative estimate of drug-likeness (QED) is 0.757. The average molecular weight is 310 g/mol. The maximum Gasteiger partial charge on any atom is 0.227 e. The van der Waals surface area contributed by atoms with Gasteiger partial charge in [0, 0.05) is 6.54 Å². The highest BCUT2D eigenvalue weighted by molar-refractivity contribution is 8.01. The van der Waals surface area contributed by atoms with Gasteiger partial charge in [0.15, 0.2) is 4.34 Å². The highest BCUT2D eigenvalue weighted by Gasteiger charge is 2.06. The molecule has 8 heteroatoms. The van der Waals surface area contributed by atoms with Gasteiger partial charge in [0.05, 0.1) is 12.9 Å². The van der Waals surface area contributed by atoms with Gasteiger partial charge in [-0.3, -0.25) is 4.79 Å². The number of primary amides is 1. The van der Waals surface area contributed by atoms with E-state index in [1.54, 1.807) is 7.11 Å². The number of hydrogen-bond acceptors (Lipinski definition) is 7. The first-order valence-electron chi connectivity index (χ1n) is 5.79.